The lowest BCUT2D eigenvalue weighted by molar-refractivity contribution is -0.132. The first-order chi connectivity index (χ1) is 13.2. The standard InChI is InChI=1S/C21H26N4O2/c1-2-11-24-18-10-6-5-9-16(18)17-14-22-25(21(27)20(17)24)15-19(26)23-12-7-3-4-8-13-23/h5-6,9-10,14H,2-4,7-8,11-13,15H2,1H3. The van der Waals surface area contributed by atoms with Crippen LogP contribution in [0.15, 0.2) is 35.3 Å². The van der Waals surface area contributed by atoms with Crippen molar-refractivity contribution in [3.05, 3.63) is 40.8 Å². The molecule has 0 unspecified atom stereocenters. The Labute approximate surface area is 158 Å². The summed E-state index contributed by atoms with van der Waals surface area (Å²) in [4.78, 5) is 27.8. The van der Waals surface area contributed by atoms with Crippen molar-refractivity contribution >= 4 is 27.7 Å². The molecule has 3 heterocycles. The molecule has 1 saturated heterocycles. The van der Waals surface area contributed by atoms with Crippen LogP contribution in [0.4, 0.5) is 0 Å². The van der Waals surface area contributed by atoms with Crippen LogP contribution in [0.1, 0.15) is 39.0 Å². The second-order valence-corrected chi connectivity index (χ2v) is 7.33. The van der Waals surface area contributed by atoms with Gasteiger partial charge in [-0.15, -0.1) is 0 Å². The SMILES string of the molecule is CCCn1c2ccccc2c2cnn(CC(=O)N3CCCCCC3)c(=O)c21. The molecular weight excluding hydrogens is 340 g/mol. The van der Waals surface area contributed by atoms with Gasteiger partial charge in [0.25, 0.3) is 5.56 Å². The van der Waals surface area contributed by atoms with Gasteiger partial charge in [0.2, 0.25) is 5.91 Å². The summed E-state index contributed by atoms with van der Waals surface area (Å²) < 4.78 is 3.40. The zero-order chi connectivity index (χ0) is 18.8. The van der Waals surface area contributed by atoms with E-state index in [2.05, 4.69) is 16.6 Å². The molecule has 1 amide bonds. The highest BCUT2D eigenvalue weighted by molar-refractivity contribution is 6.07. The van der Waals surface area contributed by atoms with Crippen molar-refractivity contribution in [3.8, 4) is 0 Å². The molecule has 0 bridgehead atoms. The Morgan fingerprint density at radius 2 is 1.81 bits per heavy atom. The number of nitrogens with zero attached hydrogens (tertiary/aromatic N) is 4. The summed E-state index contributed by atoms with van der Waals surface area (Å²) in [6, 6.07) is 8.03. The normalized spacial score (nSPS) is 15.4. The Hall–Kier alpha value is -2.63. The number of fused-ring (bicyclic) bond motifs is 3. The molecule has 0 radical (unpaired) electrons. The molecule has 142 valence electrons. The second-order valence-electron chi connectivity index (χ2n) is 7.33. The number of carbonyl (C=O) groups excluding carboxylic acids is 1. The lowest BCUT2D eigenvalue weighted by Crippen LogP contribution is -2.38. The summed E-state index contributed by atoms with van der Waals surface area (Å²) in [6.07, 6.45) is 7.09. The van der Waals surface area contributed by atoms with Gasteiger partial charge in [0, 0.05) is 35.9 Å². The largest absolute Gasteiger partial charge is 0.341 e. The number of hydrogen-bond acceptors (Lipinski definition) is 3. The molecule has 3 aromatic rings. The van der Waals surface area contributed by atoms with Crippen LogP contribution in [0.5, 0.6) is 0 Å². The van der Waals surface area contributed by atoms with E-state index in [0.717, 1.165) is 55.2 Å². The Morgan fingerprint density at radius 3 is 2.56 bits per heavy atom. The van der Waals surface area contributed by atoms with E-state index in [-0.39, 0.29) is 18.0 Å². The molecule has 27 heavy (non-hydrogen) atoms. The van der Waals surface area contributed by atoms with Gasteiger partial charge in [-0.05, 0) is 25.3 Å². The highest BCUT2D eigenvalue weighted by atomic mass is 16.2. The van der Waals surface area contributed by atoms with E-state index in [1.54, 1.807) is 6.20 Å². The van der Waals surface area contributed by atoms with E-state index >= 15 is 0 Å². The first-order valence-electron chi connectivity index (χ1n) is 9.95. The van der Waals surface area contributed by atoms with Crippen molar-refractivity contribution in [2.75, 3.05) is 13.1 Å². The average molecular weight is 366 g/mol. The highest BCUT2D eigenvalue weighted by Crippen LogP contribution is 2.26. The van der Waals surface area contributed by atoms with Crippen molar-refractivity contribution in [2.45, 2.75) is 52.1 Å². The zero-order valence-corrected chi connectivity index (χ0v) is 15.9. The zero-order valence-electron chi connectivity index (χ0n) is 15.9. The van der Waals surface area contributed by atoms with Crippen molar-refractivity contribution in [3.63, 3.8) is 0 Å². The average Bonchev–Trinajstić information content (AvgIpc) is 2.84. The molecule has 1 aliphatic rings. The fraction of sp³-hybridized carbons (Fsp3) is 0.476. The molecule has 0 aliphatic carbocycles. The number of carbonyl (C=O) groups is 1. The maximum Gasteiger partial charge on any atom is 0.291 e. The van der Waals surface area contributed by atoms with Gasteiger partial charge in [0.15, 0.2) is 0 Å². The van der Waals surface area contributed by atoms with Crippen LogP contribution < -0.4 is 5.56 Å². The number of amides is 1. The van der Waals surface area contributed by atoms with Gasteiger partial charge < -0.3 is 9.47 Å². The summed E-state index contributed by atoms with van der Waals surface area (Å²) in [5.41, 5.74) is 1.52. The van der Waals surface area contributed by atoms with Crippen LogP contribution in [-0.4, -0.2) is 38.2 Å². The van der Waals surface area contributed by atoms with Crippen molar-refractivity contribution < 1.29 is 4.79 Å². The number of para-hydroxylation sites is 1. The predicted octanol–water partition coefficient (Wildman–Crippen LogP) is 3.16. The quantitative estimate of drug-likeness (QED) is 0.713. The lowest BCUT2D eigenvalue weighted by Gasteiger charge is -2.20. The van der Waals surface area contributed by atoms with Crippen LogP contribution in [0.2, 0.25) is 0 Å². The highest BCUT2D eigenvalue weighted by Gasteiger charge is 2.19. The molecule has 0 N–H and O–H groups in total. The summed E-state index contributed by atoms with van der Waals surface area (Å²) in [5.74, 6) is -0.0102. The molecule has 2 aromatic heterocycles. The lowest BCUT2D eigenvalue weighted by atomic mass is 10.2. The van der Waals surface area contributed by atoms with E-state index in [1.165, 1.54) is 17.5 Å². The maximum atomic E-state index is 13.2. The van der Waals surface area contributed by atoms with Crippen molar-refractivity contribution in [1.29, 1.82) is 0 Å². The number of hydrogen-bond donors (Lipinski definition) is 0. The van der Waals surface area contributed by atoms with Gasteiger partial charge in [-0.2, -0.15) is 5.10 Å². The summed E-state index contributed by atoms with van der Waals surface area (Å²) in [7, 11) is 0. The summed E-state index contributed by atoms with van der Waals surface area (Å²) in [5, 5.41) is 6.23. The Balaban J connectivity index is 1.75. The molecule has 0 spiro atoms. The molecule has 1 fully saturated rings. The molecule has 6 heteroatoms. The monoisotopic (exact) mass is 366 g/mol. The molecule has 0 atom stereocenters. The number of benzene rings is 1. The third kappa shape index (κ3) is 3.24. The first kappa shape index (κ1) is 17.8. The molecule has 1 aliphatic heterocycles. The second kappa shape index (κ2) is 7.55. The number of rotatable bonds is 4. The van der Waals surface area contributed by atoms with E-state index in [4.69, 9.17) is 0 Å². The van der Waals surface area contributed by atoms with E-state index in [9.17, 15) is 9.59 Å². The van der Waals surface area contributed by atoms with E-state index in [1.807, 2.05) is 29.2 Å². The topological polar surface area (TPSA) is 60.1 Å². The third-order valence-electron chi connectivity index (χ3n) is 5.46. The Bertz CT molecular complexity index is 1030. The van der Waals surface area contributed by atoms with Crippen molar-refractivity contribution in [1.82, 2.24) is 19.2 Å². The summed E-state index contributed by atoms with van der Waals surface area (Å²) >= 11 is 0. The van der Waals surface area contributed by atoms with E-state index < -0.39 is 0 Å². The number of aryl methyl sites for hydroxylation is 1. The maximum absolute atomic E-state index is 13.2. The molecular formula is C21H26N4O2. The van der Waals surface area contributed by atoms with Crippen LogP contribution >= 0.6 is 0 Å². The van der Waals surface area contributed by atoms with Gasteiger partial charge in [-0.1, -0.05) is 38.0 Å². The van der Waals surface area contributed by atoms with Gasteiger partial charge in [0.1, 0.15) is 12.1 Å². The molecule has 0 saturated carbocycles. The Morgan fingerprint density at radius 1 is 1.07 bits per heavy atom. The van der Waals surface area contributed by atoms with Gasteiger partial charge in [0.05, 0.1) is 6.20 Å². The van der Waals surface area contributed by atoms with E-state index in [0.29, 0.717) is 5.52 Å². The minimum atomic E-state index is -0.180. The Kier molecular flexibility index (Phi) is 4.97. The van der Waals surface area contributed by atoms with Crippen LogP contribution in [-0.2, 0) is 17.9 Å². The minimum absolute atomic E-state index is 0.0102. The predicted molar refractivity (Wildman–Crippen MR) is 107 cm³/mol. The first-order valence-corrected chi connectivity index (χ1v) is 9.95. The van der Waals surface area contributed by atoms with Gasteiger partial charge >= 0.3 is 0 Å². The smallest absolute Gasteiger partial charge is 0.291 e. The van der Waals surface area contributed by atoms with Gasteiger partial charge in [-0.25, -0.2) is 4.68 Å². The van der Waals surface area contributed by atoms with Crippen LogP contribution in [0.3, 0.4) is 0 Å². The van der Waals surface area contributed by atoms with Crippen molar-refractivity contribution in [2.24, 2.45) is 0 Å². The minimum Gasteiger partial charge on any atom is -0.341 e. The number of likely N-dealkylation sites (tertiary alicyclic amines) is 1. The molecule has 4 rings (SSSR count). The fourth-order valence-electron chi connectivity index (χ4n) is 4.11. The van der Waals surface area contributed by atoms with Gasteiger partial charge in [-0.3, -0.25) is 9.59 Å². The third-order valence-corrected chi connectivity index (χ3v) is 5.46. The van der Waals surface area contributed by atoms with Crippen LogP contribution in [0, 0.1) is 0 Å². The summed E-state index contributed by atoms with van der Waals surface area (Å²) in [6.45, 7) is 4.45. The molecule has 1 aromatic carbocycles. The fourth-order valence-corrected chi connectivity index (χ4v) is 4.11. The molecule has 6 nitrogen and oxygen atoms in total. The number of aromatic nitrogens is 3. The van der Waals surface area contributed by atoms with Crippen LogP contribution in [0.25, 0.3) is 21.8 Å².